The topological polar surface area (TPSA) is 79.3 Å². The summed E-state index contributed by atoms with van der Waals surface area (Å²) in [6.45, 7) is 5.36. The standard InChI is InChI=1S/C33H33Cl2FN2O5/c1-19-29(32(40)41)38(18-43-19)31(39)26-13-25(20-8-9-20)28(14-27(26)36)42-17-33(2)15-37(16-33)30(21-6-4-3-5-7-21)22-10-23(34)12-24(35)11-22/h3-7,10-14,19-20,29-30H,8-9,15-18H2,1-2H3,(H,40,41)/t19-,29+,30?/m1/s1. The van der Waals surface area contributed by atoms with Crippen molar-refractivity contribution in [1.82, 2.24) is 9.80 Å². The molecule has 0 radical (unpaired) electrons. The summed E-state index contributed by atoms with van der Waals surface area (Å²) < 4.78 is 27.1. The molecule has 2 aliphatic heterocycles. The highest BCUT2D eigenvalue weighted by atomic mass is 35.5. The van der Waals surface area contributed by atoms with E-state index in [-0.39, 0.29) is 29.7 Å². The number of carbonyl (C=O) groups excluding carboxylic acids is 1. The van der Waals surface area contributed by atoms with E-state index < -0.39 is 29.8 Å². The van der Waals surface area contributed by atoms with Gasteiger partial charge in [-0.25, -0.2) is 9.18 Å². The number of halogens is 3. The molecule has 7 nitrogen and oxygen atoms in total. The van der Waals surface area contributed by atoms with E-state index in [9.17, 15) is 14.7 Å². The van der Waals surface area contributed by atoms with Crippen molar-refractivity contribution in [1.29, 1.82) is 0 Å². The van der Waals surface area contributed by atoms with Gasteiger partial charge >= 0.3 is 5.97 Å². The van der Waals surface area contributed by atoms with E-state index in [1.807, 2.05) is 30.3 Å². The number of ether oxygens (including phenoxy) is 2. The lowest BCUT2D eigenvalue weighted by Crippen LogP contribution is -2.58. The molecular weight excluding hydrogens is 594 g/mol. The summed E-state index contributed by atoms with van der Waals surface area (Å²) in [7, 11) is 0. The van der Waals surface area contributed by atoms with Gasteiger partial charge in [-0.3, -0.25) is 14.6 Å². The number of aliphatic carboxylic acids is 1. The number of carboxylic acid groups (broad SMARTS) is 1. The van der Waals surface area contributed by atoms with Gasteiger partial charge in [0.15, 0.2) is 6.04 Å². The molecule has 1 saturated carbocycles. The van der Waals surface area contributed by atoms with Crippen molar-refractivity contribution < 1.29 is 28.6 Å². The number of hydrogen-bond donors (Lipinski definition) is 1. The second kappa shape index (κ2) is 11.7. The van der Waals surface area contributed by atoms with Crippen LogP contribution in [0, 0.1) is 11.2 Å². The summed E-state index contributed by atoms with van der Waals surface area (Å²) in [5.41, 5.74) is 2.56. The van der Waals surface area contributed by atoms with E-state index in [1.54, 1.807) is 13.0 Å². The average Bonchev–Trinajstić information content (AvgIpc) is 3.71. The lowest BCUT2D eigenvalue weighted by atomic mass is 9.79. The van der Waals surface area contributed by atoms with Crippen molar-refractivity contribution in [2.75, 3.05) is 26.4 Å². The molecule has 0 bridgehead atoms. The molecule has 3 atom stereocenters. The van der Waals surface area contributed by atoms with Gasteiger partial charge in [0.2, 0.25) is 0 Å². The molecule has 0 spiro atoms. The Morgan fingerprint density at radius 1 is 1.07 bits per heavy atom. The molecule has 10 heteroatoms. The van der Waals surface area contributed by atoms with E-state index in [2.05, 4.69) is 24.0 Å². The Hall–Kier alpha value is -3.17. The first kappa shape index (κ1) is 29.9. The van der Waals surface area contributed by atoms with E-state index in [0.717, 1.165) is 47.5 Å². The number of nitrogens with zero attached hydrogens (tertiary/aromatic N) is 2. The largest absolute Gasteiger partial charge is 0.493 e. The van der Waals surface area contributed by atoms with E-state index in [4.69, 9.17) is 32.7 Å². The maximum Gasteiger partial charge on any atom is 0.329 e. The monoisotopic (exact) mass is 626 g/mol. The van der Waals surface area contributed by atoms with Crippen LogP contribution in [0.2, 0.25) is 10.0 Å². The van der Waals surface area contributed by atoms with Gasteiger partial charge in [0.05, 0.1) is 24.3 Å². The minimum Gasteiger partial charge on any atom is -0.493 e. The number of carbonyl (C=O) groups is 2. The van der Waals surface area contributed by atoms with E-state index >= 15 is 4.39 Å². The van der Waals surface area contributed by atoms with Crippen molar-refractivity contribution >= 4 is 35.1 Å². The van der Waals surface area contributed by atoms with Crippen molar-refractivity contribution in [3.8, 4) is 5.75 Å². The molecular formula is C33H33Cl2FN2O5. The predicted octanol–water partition coefficient (Wildman–Crippen LogP) is 6.77. The second-order valence-corrected chi connectivity index (χ2v) is 13.1. The molecule has 3 aliphatic rings. The Bertz CT molecular complexity index is 1520. The number of amides is 1. The fraction of sp³-hybridized carbons (Fsp3) is 0.394. The van der Waals surface area contributed by atoms with Crippen LogP contribution in [0.25, 0.3) is 0 Å². The molecule has 0 aromatic heterocycles. The highest BCUT2D eigenvalue weighted by Gasteiger charge is 2.45. The van der Waals surface area contributed by atoms with Gasteiger partial charge in [-0.05, 0) is 66.6 Å². The van der Waals surface area contributed by atoms with Gasteiger partial charge in [-0.1, -0.05) is 60.5 Å². The molecule has 1 unspecified atom stereocenters. The lowest BCUT2D eigenvalue weighted by Gasteiger charge is -2.51. The Labute approximate surface area is 260 Å². The van der Waals surface area contributed by atoms with E-state index in [0.29, 0.717) is 22.4 Å². The summed E-state index contributed by atoms with van der Waals surface area (Å²) in [5.74, 6) is -2.02. The van der Waals surface area contributed by atoms with Crippen molar-refractivity contribution in [3.05, 3.63) is 98.8 Å². The number of benzene rings is 3. The zero-order chi connectivity index (χ0) is 30.5. The SMILES string of the molecule is C[C@H]1OCN(C(=O)c2cc(C3CC3)c(OCC3(C)CN(C(c4ccccc4)c4cc(Cl)cc(Cl)c4)C3)cc2F)[C@@H]1C(=O)O. The van der Waals surface area contributed by atoms with Crippen LogP contribution >= 0.6 is 23.2 Å². The molecule has 3 aromatic carbocycles. The maximum absolute atomic E-state index is 15.4. The normalized spacial score (nSPS) is 22.2. The summed E-state index contributed by atoms with van der Waals surface area (Å²) in [4.78, 5) is 28.4. The van der Waals surface area contributed by atoms with Crippen LogP contribution in [-0.2, 0) is 9.53 Å². The van der Waals surface area contributed by atoms with Crippen LogP contribution in [0.1, 0.15) is 65.7 Å². The molecule has 6 rings (SSSR count). The Balaban J connectivity index is 1.19. The lowest BCUT2D eigenvalue weighted by molar-refractivity contribution is -0.142. The molecule has 2 saturated heterocycles. The van der Waals surface area contributed by atoms with Crippen molar-refractivity contribution in [2.45, 2.75) is 50.8 Å². The summed E-state index contributed by atoms with van der Waals surface area (Å²) in [6, 6.07) is 17.4. The van der Waals surface area contributed by atoms with E-state index in [1.165, 1.54) is 12.1 Å². The van der Waals surface area contributed by atoms with Gasteiger partial charge in [0.1, 0.15) is 18.3 Å². The molecule has 226 valence electrons. The fourth-order valence-electron chi connectivity index (χ4n) is 6.31. The predicted molar refractivity (Wildman–Crippen MR) is 161 cm³/mol. The first-order chi connectivity index (χ1) is 20.5. The molecule has 43 heavy (non-hydrogen) atoms. The Kier molecular flexibility index (Phi) is 8.15. The number of likely N-dealkylation sites (tertiary alicyclic amines) is 1. The Morgan fingerprint density at radius 3 is 2.37 bits per heavy atom. The molecule has 1 N–H and O–H groups in total. The molecule has 1 amide bonds. The molecule has 3 fully saturated rings. The zero-order valence-electron chi connectivity index (χ0n) is 23.9. The minimum absolute atomic E-state index is 0.0397. The summed E-state index contributed by atoms with van der Waals surface area (Å²) in [5, 5.41) is 10.8. The summed E-state index contributed by atoms with van der Waals surface area (Å²) in [6.07, 6.45) is 1.15. The Morgan fingerprint density at radius 2 is 1.74 bits per heavy atom. The smallest absolute Gasteiger partial charge is 0.329 e. The van der Waals surface area contributed by atoms with Gasteiger partial charge in [0, 0.05) is 34.6 Å². The average molecular weight is 628 g/mol. The molecule has 2 heterocycles. The second-order valence-electron chi connectivity index (χ2n) is 12.2. The van der Waals surface area contributed by atoms with Crippen LogP contribution in [-0.4, -0.2) is 65.4 Å². The van der Waals surface area contributed by atoms with Crippen LogP contribution in [0.15, 0.2) is 60.7 Å². The van der Waals surface area contributed by atoms with Crippen LogP contribution in [0.4, 0.5) is 4.39 Å². The van der Waals surface area contributed by atoms with Crippen LogP contribution in [0.5, 0.6) is 5.75 Å². The third-order valence-electron chi connectivity index (χ3n) is 8.54. The third kappa shape index (κ3) is 6.11. The molecule has 1 aliphatic carbocycles. The number of hydrogen-bond acceptors (Lipinski definition) is 5. The number of rotatable bonds is 9. The highest BCUT2D eigenvalue weighted by molar-refractivity contribution is 6.34. The maximum atomic E-state index is 15.4. The zero-order valence-corrected chi connectivity index (χ0v) is 25.4. The minimum atomic E-state index is -1.18. The van der Waals surface area contributed by atoms with Crippen molar-refractivity contribution in [2.24, 2.45) is 5.41 Å². The first-order valence-electron chi connectivity index (χ1n) is 14.4. The quantitative estimate of drug-likeness (QED) is 0.282. The van der Waals surface area contributed by atoms with Gasteiger partial charge < -0.3 is 14.6 Å². The van der Waals surface area contributed by atoms with Crippen molar-refractivity contribution in [3.63, 3.8) is 0 Å². The highest BCUT2D eigenvalue weighted by Crippen LogP contribution is 2.47. The van der Waals surface area contributed by atoms with Crippen LogP contribution in [0.3, 0.4) is 0 Å². The number of carboxylic acids is 1. The summed E-state index contributed by atoms with van der Waals surface area (Å²) >= 11 is 12.7. The van der Waals surface area contributed by atoms with Gasteiger partial charge in [0.25, 0.3) is 5.91 Å². The van der Waals surface area contributed by atoms with Crippen LogP contribution < -0.4 is 4.74 Å². The molecule has 3 aromatic rings. The van der Waals surface area contributed by atoms with Gasteiger partial charge in [-0.15, -0.1) is 0 Å². The third-order valence-corrected chi connectivity index (χ3v) is 8.98. The van der Waals surface area contributed by atoms with Gasteiger partial charge in [-0.2, -0.15) is 0 Å². The fourth-order valence-corrected chi connectivity index (χ4v) is 6.86. The first-order valence-corrected chi connectivity index (χ1v) is 15.2.